The smallest absolute Gasteiger partial charge is 0.272 e. The molecule has 0 aliphatic carbocycles. The molecule has 1 heterocycles. The van der Waals surface area contributed by atoms with Crippen molar-refractivity contribution in [2.45, 2.75) is 13.0 Å². The molecule has 8 nitrogen and oxygen atoms in total. The van der Waals surface area contributed by atoms with Crippen LogP contribution in [0.4, 0.5) is 5.69 Å². The van der Waals surface area contributed by atoms with Crippen molar-refractivity contribution in [2.75, 3.05) is 6.54 Å². The Balaban J connectivity index is 1.67. The molecular weight excluding hydrogens is 384 g/mol. The summed E-state index contributed by atoms with van der Waals surface area (Å²) in [6.45, 7) is 1.32. The van der Waals surface area contributed by atoms with Crippen LogP contribution >= 0.6 is 0 Å². The lowest BCUT2D eigenvalue weighted by Gasteiger charge is -2.20. The first-order valence-corrected chi connectivity index (χ1v) is 9.23. The summed E-state index contributed by atoms with van der Waals surface area (Å²) in [7, 11) is 0. The van der Waals surface area contributed by atoms with Crippen molar-refractivity contribution in [3.05, 3.63) is 105 Å². The van der Waals surface area contributed by atoms with E-state index in [-0.39, 0.29) is 29.7 Å². The van der Waals surface area contributed by atoms with E-state index in [4.69, 9.17) is 0 Å². The van der Waals surface area contributed by atoms with E-state index >= 15 is 0 Å². The molecule has 30 heavy (non-hydrogen) atoms. The maximum absolute atomic E-state index is 12.5. The Kier molecular flexibility index (Phi) is 6.49. The second-order valence-corrected chi connectivity index (χ2v) is 6.63. The molecule has 8 heteroatoms. The fourth-order valence-electron chi connectivity index (χ4n) is 3.04. The van der Waals surface area contributed by atoms with Gasteiger partial charge in [0.15, 0.2) is 0 Å². The second-order valence-electron chi connectivity index (χ2n) is 6.63. The summed E-state index contributed by atoms with van der Waals surface area (Å²) in [5, 5.41) is 16.4. The van der Waals surface area contributed by atoms with Crippen LogP contribution in [0.15, 0.2) is 73.1 Å². The number of hydrogen-bond donors (Lipinski definition) is 2. The van der Waals surface area contributed by atoms with Gasteiger partial charge in [-0.2, -0.15) is 0 Å². The van der Waals surface area contributed by atoms with Crippen molar-refractivity contribution < 1.29 is 14.5 Å². The first-order chi connectivity index (χ1) is 14.5. The van der Waals surface area contributed by atoms with Crippen LogP contribution in [0.3, 0.4) is 0 Å². The van der Waals surface area contributed by atoms with Gasteiger partial charge >= 0.3 is 0 Å². The number of benzene rings is 2. The number of hydrogen-bond acceptors (Lipinski definition) is 5. The van der Waals surface area contributed by atoms with E-state index in [0.717, 1.165) is 11.1 Å². The number of carbonyl (C=O) groups excluding carboxylic acids is 2. The highest BCUT2D eigenvalue weighted by Gasteiger charge is 2.18. The fraction of sp³-hybridized carbons (Fsp3) is 0.136. The van der Waals surface area contributed by atoms with Crippen LogP contribution in [0.25, 0.3) is 0 Å². The Hall–Kier alpha value is -4.07. The molecule has 2 amide bonds. The largest absolute Gasteiger partial charge is 0.344 e. The van der Waals surface area contributed by atoms with Crippen LogP contribution in [0.1, 0.15) is 33.1 Å². The molecule has 0 saturated heterocycles. The van der Waals surface area contributed by atoms with Crippen LogP contribution in [0, 0.1) is 17.0 Å². The van der Waals surface area contributed by atoms with E-state index in [1.54, 1.807) is 19.3 Å². The normalized spacial score (nSPS) is 11.4. The maximum atomic E-state index is 12.5. The average molecular weight is 404 g/mol. The molecule has 2 N–H and O–H groups in total. The molecule has 0 saturated carbocycles. The summed E-state index contributed by atoms with van der Waals surface area (Å²) in [5.41, 5.74) is 2.32. The lowest BCUT2D eigenvalue weighted by molar-refractivity contribution is -0.385. The van der Waals surface area contributed by atoms with E-state index in [0.29, 0.717) is 5.56 Å². The van der Waals surface area contributed by atoms with Gasteiger partial charge in [0.05, 0.1) is 17.5 Å². The Bertz CT molecular complexity index is 1020. The highest BCUT2D eigenvalue weighted by Crippen LogP contribution is 2.21. The number of amides is 2. The van der Waals surface area contributed by atoms with Gasteiger partial charge in [-0.3, -0.25) is 24.7 Å². The zero-order valence-corrected chi connectivity index (χ0v) is 16.2. The number of nitro benzene ring substituents is 1. The first kappa shape index (κ1) is 20.7. The van der Waals surface area contributed by atoms with Crippen molar-refractivity contribution in [3.63, 3.8) is 0 Å². The van der Waals surface area contributed by atoms with Crippen LogP contribution in [-0.4, -0.2) is 28.3 Å². The molecule has 1 aromatic heterocycles. The SMILES string of the molecule is Cc1cc(C(=O)NCC(=O)NC(c2ccccc2)c2ccncc2)ccc1[N+](=O)[O-]. The van der Waals surface area contributed by atoms with Crippen molar-refractivity contribution >= 4 is 17.5 Å². The number of carbonyl (C=O) groups is 2. The van der Waals surface area contributed by atoms with Gasteiger partial charge in [-0.05, 0) is 42.3 Å². The van der Waals surface area contributed by atoms with Gasteiger partial charge in [0.1, 0.15) is 0 Å². The van der Waals surface area contributed by atoms with Crippen LogP contribution in [0.2, 0.25) is 0 Å². The summed E-state index contributed by atoms with van der Waals surface area (Å²) in [6.07, 6.45) is 3.30. The van der Waals surface area contributed by atoms with Crippen molar-refractivity contribution in [1.82, 2.24) is 15.6 Å². The van der Waals surface area contributed by atoms with E-state index in [9.17, 15) is 19.7 Å². The van der Waals surface area contributed by atoms with Gasteiger partial charge < -0.3 is 10.6 Å². The van der Waals surface area contributed by atoms with Crippen LogP contribution in [-0.2, 0) is 4.79 Å². The third-order valence-electron chi connectivity index (χ3n) is 4.54. The van der Waals surface area contributed by atoms with Gasteiger partial charge in [0.25, 0.3) is 11.6 Å². The van der Waals surface area contributed by atoms with Crippen molar-refractivity contribution in [2.24, 2.45) is 0 Å². The van der Waals surface area contributed by atoms with Gasteiger partial charge in [-0.25, -0.2) is 0 Å². The molecule has 0 aliphatic heterocycles. The number of nitrogens with zero attached hydrogens (tertiary/aromatic N) is 2. The maximum Gasteiger partial charge on any atom is 0.272 e. The summed E-state index contributed by atoms with van der Waals surface area (Å²) in [5.74, 6) is -0.851. The molecule has 3 rings (SSSR count). The molecule has 1 unspecified atom stereocenters. The molecule has 2 aromatic carbocycles. The summed E-state index contributed by atoms with van der Waals surface area (Å²) < 4.78 is 0. The molecule has 0 radical (unpaired) electrons. The molecule has 0 bridgehead atoms. The van der Waals surface area contributed by atoms with E-state index in [2.05, 4.69) is 15.6 Å². The molecule has 3 aromatic rings. The van der Waals surface area contributed by atoms with E-state index in [1.807, 2.05) is 42.5 Å². The number of nitrogens with one attached hydrogen (secondary N) is 2. The summed E-state index contributed by atoms with van der Waals surface area (Å²) in [4.78, 5) is 39.3. The van der Waals surface area contributed by atoms with Crippen molar-refractivity contribution in [1.29, 1.82) is 0 Å². The van der Waals surface area contributed by atoms with Gasteiger partial charge in [0, 0.05) is 29.6 Å². The van der Waals surface area contributed by atoms with E-state index in [1.165, 1.54) is 18.2 Å². The Morgan fingerprint density at radius 2 is 1.70 bits per heavy atom. The zero-order chi connectivity index (χ0) is 21.5. The third kappa shape index (κ3) is 5.05. The molecule has 0 fully saturated rings. The lowest BCUT2D eigenvalue weighted by atomic mass is 9.99. The van der Waals surface area contributed by atoms with E-state index < -0.39 is 10.8 Å². The first-order valence-electron chi connectivity index (χ1n) is 9.23. The standard InChI is InChI=1S/C22H20N4O4/c1-15-13-18(7-8-19(15)26(29)30)22(28)24-14-20(27)25-21(16-5-3-2-4-6-16)17-9-11-23-12-10-17/h2-13,21H,14H2,1H3,(H,24,28)(H,25,27). The predicted octanol–water partition coefficient (Wildman–Crippen LogP) is 2.93. The highest BCUT2D eigenvalue weighted by atomic mass is 16.6. The summed E-state index contributed by atoms with van der Waals surface area (Å²) >= 11 is 0. The number of pyridine rings is 1. The molecular formula is C22H20N4O4. The fourth-order valence-corrected chi connectivity index (χ4v) is 3.04. The second kappa shape index (κ2) is 9.42. The van der Waals surface area contributed by atoms with Crippen molar-refractivity contribution in [3.8, 4) is 0 Å². The van der Waals surface area contributed by atoms with Crippen LogP contribution in [0.5, 0.6) is 0 Å². The number of nitro groups is 1. The number of rotatable bonds is 7. The molecule has 152 valence electrons. The third-order valence-corrected chi connectivity index (χ3v) is 4.54. The molecule has 1 atom stereocenters. The Morgan fingerprint density at radius 1 is 1.03 bits per heavy atom. The van der Waals surface area contributed by atoms with Gasteiger partial charge in [-0.1, -0.05) is 30.3 Å². The predicted molar refractivity (Wildman–Crippen MR) is 111 cm³/mol. The molecule has 0 aliphatic rings. The zero-order valence-electron chi connectivity index (χ0n) is 16.2. The molecule has 0 spiro atoms. The lowest BCUT2D eigenvalue weighted by Crippen LogP contribution is -2.39. The van der Waals surface area contributed by atoms with Gasteiger partial charge in [-0.15, -0.1) is 0 Å². The quantitative estimate of drug-likeness (QED) is 0.464. The minimum atomic E-state index is -0.507. The van der Waals surface area contributed by atoms with Crippen LogP contribution < -0.4 is 10.6 Å². The topological polar surface area (TPSA) is 114 Å². The minimum absolute atomic E-state index is 0.0626. The average Bonchev–Trinajstić information content (AvgIpc) is 2.76. The summed E-state index contributed by atoms with van der Waals surface area (Å²) in [6, 6.07) is 16.8. The highest BCUT2D eigenvalue weighted by molar-refractivity contribution is 5.97. The van der Waals surface area contributed by atoms with Gasteiger partial charge in [0.2, 0.25) is 5.91 Å². The number of aryl methyl sites for hydroxylation is 1. The Labute approximate surface area is 173 Å². The Morgan fingerprint density at radius 3 is 2.33 bits per heavy atom. The minimum Gasteiger partial charge on any atom is -0.344 e. The number of aromatic nitrogens is 1. The monoisotopic (exact) mass is 404 g/mol.